The number of hydrogen-bond donors (Lipinski definition) is 1. The lowest BCUT2D eigenvalue weighted by Gasteiger charge is -2.25. The second kappa shape index (κ2) is 7.28. The molecule has 1 fully saturated rings. The summed E-state index contributed by atoms with van der Waals surface area (Å²) in [6.45, 7) is 10.7. The molecule has 0 aliphatic carbocycles. The number of nitrogens with zero attached hydrogens (tertiary/aromatic N) is 1. The molecule has 1 aliphatic heterocycles. The number of carbonyl (C=O) groups is 2. The van der Waals surface area contributed by atoms with Crippen molar-refractivity contribution in [3.63, 3.8) is 0 Å². The number of rotatable bonds is 4. The van der Waals surface area contributed by atoms with E-state index in [4.69, 9.17) is 9.15 Å². The maximum absolute atomic E-state index is 12.7. The molecule has 1 aromatic heterocycles. The fourth-order valence-corrected chi connectivity index (χ4v) is 3.11. The van der Waals surface area contributed by atoms with Gasteiger partial charge in [-0.25, -0.2) is 4.79 Å². The standard InChI is InChI=1S/C18H28N2O4/c1-6-15-12(2)7-8-20(15)16(21)13-9-14(23-11-13)10-19-17(22)24-18(3,4)5/h9,11-12,15H,6-8,10H2,1-5H3,(H,19,22)/t12-,15-/m1/s1. The van der Waals surface area contributed by atoms with E-state index in [0.717, 1.165) is 19.4 Å². The van der Waals surface area contributed by atoms with E-state index < -0.39 is 11.7 Å². The van der Waals surface area contributed by atoms with Crippen molar-refractivity contribution >= 4 is 12.0 Å². The Bertz CT molecular complexity index is 588. The van der Waals surface area contributed by atoms with Crippen LogP contribution in [0.15, 0.2) is 16.7 Å². The monoisotopic (exact) mass is 336 g/mol. The van der Waals surface area contributed by atoms with Crippen molar-refractivity contribution in [3.8, 4) is 0 Å². The predicted octanol–water partition coefficient (Wildman–Crippen LogP) is 3.56. The third-order valence-electron chi connectivity index (χ3n) is 4.27. The molecule has 24 heavy (non-hydrogen) atoms. The van der Waals surface area contributed by atoms with Crippen LogP contribution in [-0.2, 0) is 11.3 Å². The quantitative estimate of drug-likeness (QED) is 0.912. The molecule has 134 valence electrons. The molecular formula is C18H28N2O4. The van der Waals surface area contributed by atoms with E-state index in [1.165, 1.54) is 6.26 Å². The minimum atomic E-state index is -0.546. The highest BCUT2D eigenvalue weighted by molar-refractivity contribution is 5.94. The van der Waals surface area contributed by atoms with E-state index in [2.05, 4.69) is 19.2 Å². The third kappa shape index (κ3) is 4.52. The van der Waals surface area contributed by atoms with Gasteiger partial charge in [-0.2, -0.15) is 0 Å². The molecule has 0 saturated carbocycles. The van der Waals surface area contributed by atoms with Crippen molar-refractivity contribution in [1.82, 2.24) is 10.2 Å². The number of ether oxygens (including phenoxy) is 1. The number of alkyl carbamates (subject to hydrolysis) is 1. The molecule has 2 amide bonds. The highest BCUT2D eigenvalue weighted by Gasteiger charge is 2.34. The second-order valence-electron chi connectivity index (χ2n) is 7.40. The molecule has 6 nitrogen and oxygen atoms in total. The van der Waals surface area contributed by atoms with Crippen LogP contribution in [0.1, 0.15) is 63.6 Å². The molecule has 0 spiro atoms. The topological polar surface area (TPSA) is 71.8 Å². The van der Waals surface area contributed by atoms with Gasteiger partial charge in [-0.05, 0) is 45.6 Å². The van der Waals surface area contributed by atoms with Gasteiger partial charge in [-0.15, -0.1) is 0 Å². The normalized spacial score (nSPS) is 21.0. The lowest BCUT2D eigenvalue weighted by molar-refractivity contribution is 0.0519. The molecule has 0 bridgehead atoms. The number of furan rings is 1. The molecule has 0 aromatic carbocycles. The van der Waals surface area contributed by atoms with Gasteiger partial charge in [-0.3, -0.25) is 4.79 Å². The van der Waals surface area contributed by atoms with Crippen LogP contribution in [0.5, 0.6) is 0 Å². The summed E-state index contributed by atoms with van der Waals surface area (Å²) in [5, 5.41) is 2.62. The fourth-order valence-electron chi connectivity index (χ4n) is 3.11. The third-order valence-corrected chi connectivity index (χ3v) is 4.27. The van der Waals surface area contributed by atoms with Gasteiger partial charge in [0.1, 0.15) is 17.6 Å². The first-order valence-corrected chi connectivity index (χ1v) is 8.56. The van der Waals surface area contributed by atoms with Gasteiger partial charge < -0.3 is 19.4 Å². The number of hydrogen-bond acceptors (Lipinski definition) is 4. The van der Waals surface area contributed by atoms with Gasteiger partial charge in [0.05, 0.1) is 12.1 Å². The Kier molecular flexibility index (Phi) is 5.57. The van der Waals surface area contributed by atoms with Gasteiger partial charge >= 0.3 is 6.09 Å². The van der Waals surface area contributed by atoms with E-state index in [9.17, 15) is 9.59 Å². The van der Waals surface area contributed by atoms with Crippen LogP contribution in [0.4, 0.5) is 4.79 Å². The number of carbonyl (C=O) groups excluding carboxylic acids is 2. The van der Waals surface area contributed by atoms with E-state index in [-0.39, 0.29) is 18.5 Å². The first-order chi connectivity index (χ1) is 11.2. The van der Waals surface area contributed by atoms with Crippen molar-refractivity contribution in [2.24, 2.45) is 5.92 Å². The summed E-state index contributed by atoms with van der Waals surface area (Å²) in [5.41, 5.74) is -0.0146. The highest BCUT2D eigenvalue weighted by Crippen LogP contribution is 2.28. The molecule has 0 unspecified atom stereocenters. The molecule has 0 radical (unpaired) electrons. The fraction of sp³-hybridized carbons (Fsp3) is 0.667. The Morgan fingerprint density at radius 1 is 1.42 bits per heavy atom. The maximum Gasteiger partial charge on any atom is 0.408 e. The summed E-state index contributed by atoms with van der Waals surface area (Å²) in [6.07, 6.45) is 2.95. The average Bonchev–Trinajstić information content (AvgIpc) is 3.09. The summed E-state index contributed by atoms with van der Waals surface area (Å²) in [7, 11) is 0. The molecule has 1 saturated heterocycles. The lowest BCUT2D eigenvalue weighted by Crippen LogP contribution is -2.36. The summed E-state index contributed by atoms with van der Waals surface area (Å²) < 4.78 is 10.6. The van der Waals surface area contributed by atoms with Gasteiger partial charge in [0.15, 0.2) is 0 Å². The zero-order valence-electron chi connectivity index (χ0n) is 15.2. The molecule has 2 heterocycles. The van der Waals surface area contributed by atoms with Crippen molar-refractivity contribution in [1.29, 1.82) is 0 Å². The van der Waals surface area contributed by atoms with Crippen molar-refractivity contribution in [2.45, 2.75) is 65.6 Å². The van der Waals surface area contributed by atoms with Gasteiger partial charge in [0, 0.05) is 12.6 Å². The minimum Gasteiger partial charge on any atom is -0.467 e. The molecule has 1 aromatic rings. The SMILES string of the molecule is CC[C@@H]1[C@H](C)CCN1C(=O)c1coc(CNC(=O)OC(C)(C)C)c1. The van der Waals surface area contributed by atoms with E-state index in [0.29, 0.717) is 17.2 Å². The zero-order valence-corrected chi connectivity index (χ0v) is 15.2. The molecule has 6 heteroatoms. The van der Waals surface area contributed by atoms with Crippen LogP contribution in [0, 0.1) is 5.92 Å². The summed E-state index contributed by atoms with van der Waals surface area (Å²) in [5.74, 6) is 1.06. The summed E-state index contributed by atoms with van der Waals surface area (Å²) >= 11 is 0. The first-order valence-electron chi connectivity index (χ1n) is 8.56. The minimum absolute atomic E-state index is 0.00142. The van der Waals surface area contributed by atoms with Crippen LogP contribution in [-0.4, -0.2) is 35.1 Å². The Morgan fingerprint density at radius 3 is 2.75 bits per heavy atom. The van der Waals surface area contributed by atoms with Gasteiger partial charge in [0.25, 0.3) is 5.91 Å². The van der Waals surface area contributed by atoms with Crippen molar-refractivity contribution in [2.75, 3.05) is 6.54 Å². The average molecular weight is 336 g/mol. The number of likely N-dealkylation sites (tertiary alicyclic amines) is 1. The molecule has 1 N–H and O–H groups in total. The zero-order chi connectivity index (χ0) is 17.9. The van der Waals surface area contributed by atoms with E-state index >= 15 is 0 Å². The van der Waals surface area contributed by atoms with E-state index in [1.54, 1.807) is 26.8 Å². The molecular weight excluding hydrogens is 308 g/mol. The van der Waals surface area contributed by atoms with Crippen LogP contribution in [0.25, 0.3) is 0 Å². The summed E-state index contributed by atoms with van der Waals surface area (Å²) in [6, 6.07) is 1.98. The van der Waals surface area contributed by atoms with Crippen LogP contribution < -0.4 is 5.32 Å². The largest absolute Gasteiger partial charge is 0.467 e. The first kappa shape index (κ1) is 18.4. The van der Waals surface area contributed by atoms with Crippen molar-refractivity contribution < 1.29 is 18.7 Å². The Hall–Kier alpha value is -1.98. The Labute approximate surface area is 143 Å². The van der Waals surface area contributed by atoms with Gasteiger partial charge in [0.2, 0.25) is 0 Å². The predicted molar refractivity (Wildman–Crippen MR) is 90.7 cm³/mol. The number of amides is 2. The smallest absolute Gasteiger partial charge is 0.408 e. The van der Waals surface area contributed by atoms with Crippen LogP contribution in [0.2, 0.25) is 0 Å². The van der Waals surface area contributed by atoms with Crippen LogP contribution >= 0.6 is 0 Å². The molecule has 1 aliphatic rings. The second-order valence-corrected chi connectivity index (χ2v) is 7.40. The maximum atomic E-state index is 12.7. The lowest BCUT2D eigenvalue weighted by atomic mass is 10.0. The number of nitrogens with one attached hydrogen (secondary N) is 1. The molecule has 2 atom stereocenters. The Balaban J connectivity index is 1.93. The van der Waals surface area contributed by atoms with Gasteiger partial charge in [-0.1, -0.05) is 13.8 Å². The Morgan fingerprint density at radius 2 is 2.12 bits per heavy atom. The van der Waals surface area contributed by atoms with Crippen LogP contribution in [0.3, 0.4) is 0 Å². The highest BCUT2D eigenvalue weighted by atomic mass is 16.6. The summed E-state index contributed by atoms with van der Waals surface area (Å²) in [4.78, 5) is 26.2. The van der Waals surface area contributed by atoms with E-state index in [1.807, 2.05) is 4.90 Å². The van der Waals surface area contributed by atoms with Crippen molar-refractivity contribution in [3.05, 3.63) is 23.7 Å². The molecule has 2 rings (SSSR count).